The Kier molecular flexibility index (Phi) is 8.67. The summed E-state index contributed by atoms with van der Waals surface area (Å²) >= 11 is 0. The summed E-state index contributed by atoms with van der Waals surface area (Å²) in [6.07, 6.45) is 14.1. The number of aromatic amines is 2. The fourth-order valence-electron chi connectivity index (χ4n) is 6.41. The molecule has 236 valence electrons. The van der Waals surface area contributed by atoms with Crippen LogP contribution in [0.4, 0.5) is 4.39 Å². The molecule has 0 saturated carbocycles. The first kappa shape index (κ1) is 29.9. The number of hydrogen-bond acceptors (Lipinski definition) is 8. The number of H-pyrrole nitrogens is 2. The number of likely N-dealkylation sites (tertiary alicyclic amines) is 2. The molecule has 2 aliphatic heterocycles. The molecule has 0 spiro atoms. The van der Waals surface area contributed by atoms with Crippen molar-refractivity contribution in [2.75, 3.05) is 46.4 Å². The van der Waals surface area contributed by atoms with E-state index in [1.165, 1.54) is 37.8 Å². The first-order chi connectivity index (χ1) is 22.5. The van der Waals surface area contributed by atoms with Crippen LogP contribution in [0, 0.1) is 5.82 Å². The lowest BCUT2D eigenvalue weighted by Gasteiger charge is -2.15. The number of nitrogens with one attached hydrogen (secondary N) is 2. The third-order valence-electron chi connectivity index (χ3n) is 8.78. The van der Waals surface area contributed by atoms with Gasteiger partial charge in [0.1, 0.15) is 23.9 Å². The van der Waals surface area contributed by atoms with E-state index in [4.69, 9.17) is 9.72 Å². The number of benzene rings is 1. The lowest BCUT2D eigenvalue weighted by atomic mass is 10.1. The SMILES string of the molecule is C=c1[nH]nc(-c2nc3c(-c4cc(F)cc(OCCN5CCCC5)c4)cncc3[nH]2)/c1=C/C(=NC)c1cncc(CN2CCCC2)c1. The maximum Gasteiger partial charge on any atom is 0.159 e. The van der Waals surface area contributed by atoms with Gasteiger partial charge in [-0.2, -0.15) is 5.10 Å². The summed E-state index contributed by atoms with van der Waals surface area (Å²) in [4.78, 5) is 26.6. The largest absolute Gasteiger partial charge is 0.492 e. The van der Waals surface area contributed by atoms with E-state index >= 15 is 0 Å². The third kappa shape index (κ3) is 6.47. The summed E-state index contributed by atoms with van der Waals surface area (Å²) in [5, 5.41) is 8.96. The first-order valence-corrected chi connectivity index (χ1v) is 15.9. The number of halogens is 1. The highest BCUT2D eigenvalue weighted by atomic mass is 19.1. The topological polar surface area (TPSA) is 111 Å². The molecule has 10 nitrogen and oxygen atoms in total. The Bertz CT molecular complexity index is 1990. The summed E-state index contributed by atoms with van der Waals surface area (Å²) in [6.45, 7) is 10.8. The maximum absolute atomic E-state index is 14.8. The molecule has 11 heteroatoms. The highest BCUT2D eigenvalue weighted by molar-refractivity contribution is 6.21. The van der Waals surface area contributed by atoms with Crippen LogP contribution < -0.4 is 15.3 Å². The van der Waals surface area contributed by atoms with Crippen molar-refractivity contribution in [2.45, 2.75) is 32.2 Å². The molecule has 4 aromatic heterocycles. The molecule has 0 unspecified atom stereocenters. The van der Waals surface area contributed by atoms with E-state index in [1.807, 2.05) is 24.5 Å². The van der Waals surface area contributed by atoms with Gasteiger partial charge in [-0.05, 0) is 87.3 Å². The lowest BCUT2D eigenvalue weighted by Crippen LogP contribution is -2.25. The number of aromatic nitrogens is 6. The van der Waals surface area contributed by atoms with Crippen LogP contribution in [0.3, 0.4) is 0 Å². The minimum Gasteiger partial charge on any atom is -0.492 e. The minimum atomic E-state index is -0.377. The van der Waals surface area contributed by atoms with Gasteiger partial charge in [-0.15, -0.1) is 0 Å². The Balaban J connectivity index is 1.19. The Hall–Kier alpha value is -4.74. The predicted octanol–water partition coefficient (Wildman–Crippen LogP) is 3.93. The number of pyridine rings is 2. The molecular weight excluding hydrogens is 581 g/mol. The molecule has 0 amide bonds. The van der Waals surface area contributed by atoms with Gasteiger partial charge in [-0.25, -0.2) is 9.37 Å². The van der Waals surface area contributed by atoms with Crippen LogP contribution in [-0.2, 0) is 6.54 Å². The van der Waals surface area contributed by atoms with Gasteiger partial charge >= 0.3 is 0 Å². The molecule has 6 heterocycles. The summed E-state index contributed by atoms with van der Waals surface area (Å²) in [6, 6.07) is 6.89. The fourth-order valence-corrected chi connectivity index (χ4v) is 6.41. The van der Waals surface area contributed by atoms with Gasteiger partial charge < -0.3 is 9.72 Å². The zero-order valence-electron chi connectivity index (χ0n) is 26.1. The maximum atomic E-state index is 14.8. The van der Waals surface area contributed by atoms with Crippen molar-refractivity contribution in [1.82, 2.24) is 39.9 Å². The van der Waals surface area contributed by atoms with Gasteiger partial charge in [-0.1, -0.05) is 6.58 Å². The quantitative estimate of drug-likeness (QED) is 0.228. The lowest BCUT2D eigenvalue weighted by molar-refractivity contribution is 0.237. The van der Waals surface area contributed by atoms with Gasteiger partial charge in [0.15, 0.2) is 5.82 Å². The van der Waals surface area contributed by atoms with Crippen molar-refractivity contribution < 1.29 is 9.13 Å². The molecule has 0 atom stereocenters. The molecule has 2 aliphatic rings. The van der Waals surface area contributed by atoms with Crippen LogP contribution in [0.1, 0.15) is 36.8 Å². The van der Waals surface area contributed by atoms with Crippen molar-refractivity contribution in [2.24, 2.45) is 4.99 Å². The molecular formula is C35H38FN9O. The van der Waals surface area contributed by atoms with Crippen molar-refractivity contribution in [3.05, 3.63) is 76.6 Å². The third-order valence-corrected chi connectivity index (χ3v) is 8.78. The number of imidazole rings is 1. The van der Waals surface area contributed by atoms with E-state index in [1.54, 1.807) is 19.4 Å². The van der Waals surface area contributed by atoms with Gasteiger partial charge in [0.2, 0.25) is 0 Å². The number of ether oxygens (including phenoxy) is 1. The smallest absolute Gasteiger partial charge is 0.159 e. The molecule has 5 aromatic rings. The summed E-state index contributed by atoms with van der Waals surface area (Å²) < 4.78 is 20.8. The summed E-state index contributed by atoms with van der Waals surface area (Å²) in [7, 11) is 1.77. The number of rotatable bonds is 10. The van der Waals surface area contributed by atoms with E-state index in [2.05, 4.69) is 52.6 Å². The number of aliphatic imine (C=N–C) groups is 1. The number of nitrogens with zero attached hydrogens (tertiary/aromatic N) is 7. The van der Waals surface area contributed by atoms with Gasteiger partial charge in [0.25, 0.3) is 0 Å². The highest BCUT2D eigenvalue weighted by Crippen LogP contribution is 2.31. The second-order valence-electron chi connectivity index (χ2n) is 12.0. The second kappa shape index (κ2) is 13.3. The Morgan fingerprint density at radius 2 is 1.78 bits per heavy atom. The average molecular weight is 620 g/mol. The zero-order valence-corrected chi connectivity index (χ0v) is 26.1. The van der Waals surface area contributed by atoms with E-state index in [9.17, 15) is 4.39 Å². The van der Waals surface area contributed by atoms with Crippen LogP contribution in [0.15, 0.2) is 54.0 Å². The van der Waals surface area contributed by atoms with Crippen LogP contribution in [0.2, 0.25) is 0 Å². The molecule has 1 aromatic carbocycles. The van der Waals surface area contributed by atoms with Gasteiger partial charge in [0, 0.05) is 61.1 Å². The molecule has 7 rings (SSSR count). The van der Waals surface area contributed by atoms with E-state index in [0.29, 0.717) is 51.4 Å². The normalized spacial score (nSPS) is 16.7. The number of fused-ring (bicyclic) bond motifs is 1. The Morgan fingerprint density at radius 3 is 2.59 bits per heavy atom. The van der Waals surface area contributed by atoms with Crippen LogP contribution in [-0.4, -0.2) is 92.0 Å². The highest BCUT2D eigenvalue weighted by Gasteiger charge is 2.17. The minimum absolute atomic E-state index is 0.377. The molecule has 2 fully saturated rings. The summed E-state index contributed by atoms with van der Waals surface area (Å²) in [5.41, 5.74) is 6.13. The monoisotopic (exact) mass is 619 g/mol. The Labute approximate surface area is 266 Å². The van der Waals surface area contributed by atoms with Crippen LogP contribution in [0.25, 0.3) is 46.3 Å². The second-order valence-corrected chi connectivity index (χ2v) is 12.0. The molecule has 2 N–H and O–H groups in total. The fraction of sp³-hybridized carbons (Fsp3) is 0.343. The van der Waals surface area contributed by atoms with E-state index in [-0.39, 0.29) is 5.82 Å². The van der Waals surface area contributed by atoms with Crippen molar-refractivity contribution in [1.29, 1.82) is 0 Å². The van der Waals surface area contributed by atoms with Crippen LogP contribution in [0.5, 0.6) is 5.75 Å². The first-order valence-electron chi connectivity index (χ1n) is 15.9. The van der Waals surface area contributed by atoms with Crippen molar-refractivity contribution in [3.63, 3.8) is 0 Å². The average Bonchev–Trinajstić information content (AvgIpc) is 3.88. The predicted molar refractivity (Wildman–Crippen MR) is 178 cm³/mol. The van der Waals surface area contributed by atoms with Crippen molar-refractivity contribution >= 4 is 29.4 Å². The molecule has 2 saturated heterocycles. The number of hydrogen-bond donors (Lipinski definition) is 2. The van der Waals surface area contributed by atoms with E-state index < -0.39 is 0 Å². The standard InChI is InChI=1S/C35H38FN9O/c1-23-29(17-31(37-2)26-13-24(18-38-19-26)22-45-9-5-6-10-45)34(43-42-23)35-40-32-21-39-20-30(33(32)41-35)25-14-27(36)16-28(15-25)46-12-11-44-7-3-4-8-44/h13-21,42H,1,3-12,22H2,2H3,(H,40,41)/b29-17+,37-31?. The molecule has 0 radical (unpaired) electrons. The molecule has 0 aliphatic carbocycles. The molecule has 0 bridgehead atoms. The van der Waals surface area contributed by atoms with Crippen molar-refractivity contribution in [3.8, 4) is 28.4 Å². The van der Waals surface area contributed by atoms with E-state index in [0.717, 1.165) is 61.3 Å². The Morgan fingerprint density at radius 1 is 1.00 bits per heavy atom. The van der Waals surface area contributed by atoms with Gasteiger partial charge in [0.05, 0.1) is 28.3 Å². The summed E-state index contributed by atoms with van der Waals surface area (Å²) in [5.74, 6) is 0.646. The molecule has 46 heavy (non-hydrogen) atoms. The van der Waals surface area contributed by atoms with Gasteiger partial charge in [-0.3, -0.25) is 29.9 Å². The van der Waals surface area contributed by atoms with Crippen LogP contribution >= 0.6 is 0 Å². The zero-order chi connectivity index (χ0) is 31.5.